The average molecular weight is 338 g/mol. The van der Waals surface area contributed by atoms with E-state index >= 15 is 0 Å². The lowest BCUT2D eigenvalue weighted by Gasteiger charge is -2.43. The first kappa shape index (κ1) is 22.8. The Morgan fingerprint density at radius 1 is 0.800 bits per heavy atom. The van der Waals surface area contributed by atoms with Crippen molar-refractivity contribution < 1.29 is 44.3 Å². The maximum absolute atomic E-state index is 10.1. The molecular formula is C9H24O9P2. The molecule has 0 amide bonds. The fourth-order valence-corrected chi connectivity index (χ4v) is 2.18. The number of hydrogen-bond donors (Lipinski definition) is 8. The molecule has 0 saturated heterocycles. The molecule has 20 heavy (non-hydrogen) atoms. The highest BCUT2D eigenvalue weighted by atomic mass is 31.2. The largest absolute Gasteiger partial charge is 0.395 e. The van der Waals surface area contributed by atoms with Crippen molar-refractivity contribution in [1.82, 2.24) is 0 Å². The first-order valence-corrected chi connectivity index (χ1v) is 8.10. The first-order valence-electron chi connectivity index (χ1n) is 5.77. The van der Waals surface area contributed by atoms with Crippen molar-refractivity contribution in [2.45, 2.75) is 32.3 Å². The van der Waals surface area contributed by atoms with Gasteiger partial charge in [0, 0.05) is 0 Å². The lowest BCUT2D eigenvalue weighted by Crippen LogP contribution is -2.54. The van der Waals surface area contributed by atoms with Crippen molar-refractivity contribution >= 4 is 17.2 Å². The van der Waals surface area contributed by atoms with E-state index in [1.807, 2.05) is 0 Å². The molecule has 0 spiro atoms. The molecule has 0 aliphatic carbocycles. The highest BCUT2D eigenvalue weighted by Crippen LogP contribution is 2.41. The highest BCUT2D eigenvalue weighted by molar-refractivity contribution is 7.53. The quantitative estimate of drug-likeness (QED) is 0.256. The lowest BCUT2D eigenvalue weighted by molar-refractivity contribution is -0.156. The Balaban J connectivity index is 0. The molecule has 0 rings (SSSR count). The van der Waals surface area contributed by atoms with Gasteiger partial charge in [0.05, 0.1) is 30.8 Å². The van der Waals surface area contributed by atoms with Gasteiger partial charge in [0.15, 0.2) is 0 Å². The van der Waals surface area contributed by atoms with Gasteiger partial charge in [-0.3, -0.25) is 0 Å². The molecule has 9 nitrogen and oxygen atoms in total. The van der Waals surface area contributed by atoms with Crippen molar-refractivity contribution in [3.8, 4) is 0 Å². The van der Waals surface area contributed by atoms with E-state index in [-0.39, 0.29) is 0 Å². The molecule has 0 saturated carbocycles. The Bertz CT molecular complexity index is 217. The lowest BCUT2D eigenvalue weighted by atomic mass is 9.70. The second kappa shape index (κ2) is 11.1. The van der Waals surface area contributed by atoms with E-state index in [2.05, 4.69) is 4.31 Å². The van der Waals surface area contributed by atoms with Gasteiger partial charge in [0.25, 0.3) is 0 Å². The molecular weight excluding hydrogens is 314 g/mol. The number of rotatable bonds is 8. The van der Waals surface area contributed by atoms with Gasteiger partial charge < -0.3 is 40.0 Å². The summed E-state index contributed by atoms with van der Waals surface area (Å²) in [6.07, 6.45) is 0.788. The number of aliphatic hydroxyl groups excluding tert-OH is 3. The van der Waals surface area contributed by atoms with Gasteiger partial charge in [-0.15, -0.1) is 0 Å². The van der Waals surface area contributed by atoms with Crippen LogP contribution in [0, 0.1) is 5.41 Å². The summed E-state index contributed by atoms with van der Waals surface area (Å²) in [4.78, 5) is 31.3. The normalized spacial score (nSPS) is 12.6. The zero-order chi connectivity index (χ0) is 16.4. The van der Waals surface area contributed by atoms with Crippen LogP contribution in [0.1, 0.15) is 26.7 Å². The molecule has 0 atom stereocenters. The maximum atomic E-state index is 10.1. The predicted octanol–water partition coefficient (Wildman–Crippen LogP) is -1.07. The molecule has 0 radical (unpaired) electrons. The topological polar surface area (TPSA) is 171 Å². The molecule has 0 fully saturated rings. The average Bonchev–Trinajstić information content (AvgIpc) is 2.40. The Hall–Kier alpha value is 0.500. The molecule has 0 aromatic rings. The molecule has 11 heteroatoms. The molecule has 0 unspecified atom stereocenters. The molecule has 0 bridgehead atoms. The van der Waals surface area contributed by atoms with Gasteiger partial charge in [-0.1, -0.05) is 13.8 Å². The Morgan fingerprint density at radius 3 is 1.15 bits per heavy atom. The van der Waals surface area contributed by atoms with E-state index in [1.54, 1.807) is 13.8 Å². The van der Waals surface area contributed by atoms with Crippen molar-refractivity contribution in [2.24, 2.45) is 5.41 Å². The zero-order valence-electron chi connectivity index (χ0n) is 11.4. The summed E-state index contributed by atoms with van der Waals surface area (Å²) in [7, 11) is -5.22. The minimum atomic E-state index is -2.61. The third kappa shape index (κ3) is 6.98. The van der Waals surface area contributed by atoms with E-state index in [4.69, 9.17) is 34.9 Å². The highest BCUT2D eigenvalue weighted by Gasteiger charge is 2.47. The van der Waals surface area contributed by atoms with E-state index in [1.165, 1.54) is 0 Å². The minimum Gasteiger partial charge on any atom is -0.395 e. The van der Waals surface area contributed by atoms with Crippen LogP contribution in [0.25, 0.3) is 0 Å². The van der Waals surface area contributed by atoms with E-state index in [0.717, 1.165) is 0 Å². The predicted molar refractivity (Wildman–Crippen MR) is 73.0 cm³/mol. The molecule has 0 aliphatic rings. The summed E-state index contributed by atoms with van der Waals surface area (Å²) in [5, 5.41) is 37.3. The molecule has 0 aromatic heterocycles. The van der Waals surface area contributed by atoms with Gasteiger partial charge in [0.1, 0.15) is 0 Å². The third-order valence-corrected chi connectivity index (χ3v) is 4.38. The molecule has 0 heterocycles. The van der Waals surface area contributed by atoms with Crippen molar-refractivity contribution in [3.05, 3.63) is 0 Å². The van der Waals surface area contributed by atoms with Gasteiger partial charge in [-0.05, 0) is 12.8 Å². The summed E-state index contributed by atoms with van der Waals surface area (Å²) in [5.41, 5.74) is -2.40. The fourth-order valence-electron chi connectivity index (χ4n) is 1.66. The fraction of sp³-hybridized carbons (Fsp3) is 1.00. The van der Waals surface area contributed by atoms with Crippen molar-refractivity contribution in [2.75, 3.05) is 19.8 Å². The van der Waals surface area contributed by atoms with E-state index < -0.39 is 48.0 Å². The summed E-state index contributed by atoms with van der Waals surface area (Å²) in [6, 6.07) is 0. The van der Waals surface area contributed by atoms with Gasteiger partial charge in [0.2, 0.25) is 0 Å². The van der Waals surface area contributed by atoms with Gasteiger partial charge in [-0.2, -0.15) is 0 Å². The SMILES string of the molecule is CCC(O)(CC)C(CO)(CO)CO.OP(O)OP(O)O. The van der Waals surface area contributed by atoms with Crippen LogP contribution in [-0.4, -0.2) is 65.4 Å². The van der Waals surface area contributed by atoms with E-state index in [0.29, 0.717) is 12.8 Å². The maximum Gasteiger partial charge on any atom is 0.334 e. The second-order valence-corrected chi connectivity index (χ2v) is 5.74. The molecule has 124 valence electrons. The van der Waals surface area contributed by atoms with Crippen molar-refractivity contribution in [3.63, 3.8) is 0 Å². The van der Waals surface area contributed by atoms with Crippen LogP contribution in [-0.2, 0) is 4.31 Å². The van der Waals surface area contributed by atoms with Crippen LogP contribution < -0.4 is 0 Å². The summed E-state index contributed by atoms with van der Waals surface area (Å²) < 4.78 is 3.60. The second-order valence-electron chi connectivity index (χ2n) is 4.08. The Morgan fingerprint density at radius 2 is 1.10 bits per heavy atom. The molecule has 0 aromatic carbocycles. The summed E-state index contributed by atoms with van der Waals surface area (Å²) in [6.45, 7) is 2.27. The standard InChI is InChI=1S/C9H20O4.H4O5P2/c1-3-9(13,4-2)8(5-10,6-11)7-12;1-6(2)5-7(3)4/h10-13H,3-7H2,1-2H3;1-4H. The van der Waals surface area contributed by atoms with Gasteiger partial charge >= 0.3 is 17.2 Å². The Labute approximate surface area is 120 Å². The van der Waals surface area contributed by atoms with Crippen LogP contribution in [0.15, 0.2) is 0 Å². The summed E-state index contributed by atoms with van der Waals surface area (Å²) >= 11 is 0. The summed E-state index contributed by atoms with van der Waals surface area (Å²) in [5.74, 6) is 0. The van der Waals surface area contributed by atoms with E-state index in [9.17, 15) is 5.11 Å². The Kier molecular flexibility index (Phi) is 12.7. The monoisotopic (exact) mass is 338 g/mol. The van der Waals surface area contributed by atoms with Gasteiger partial charge in [-0.25, -0.2) is 4.31 Å². The number of hydrogen-bond acceptors (Lipinski definition) is 9. The molecule has 8 N–H and O–H groups in total. The molecule has 0 aliphatic heterocycles. The zero-order valence-corrected chi connectivity index (χ0v) is 13.2. The van der Waals surface area contributed by atoms with Crippen LogP contribution in [0.3, 0.4) is 0 Å². The minimum absolute atomic E-state index is 0.394. The van der Waals surface area contributed by atoms with Crippen LogP contribution in [0.5, 0.6) is 0 Å². The number of aliphatic hydroxyl groups is 4. The third-order valence-electron chi connectivity index (χ3n) is 3.21. The van der Waals surface area contributed by atoms with Crippen LogP contribution >= 0.6 is 17.2 Å². The smallest absolute Gasteiger partial charge is 0.334 e. The van der Waals surface area contributed by atoms with Crippen molar-refractivity contribution in [1.29, 1.82) is 0 Å². The van der Waals surface area contributed by atoms with Crippen LogP contribution in [0.2, 0.25) is 0 Å². The first-order chi connectivity index (χ1) is 9.18. The van der Waals surface area contributed by atoms with Crippen LogP contribution in [0.4, 0.5) is 0 Å².